The van der Waals surface area contributed by atoms with E-state index < -0.39 is 49.2 Å². The summed E-state index contributed by atoms with van der Waals surface area (Å²) in [5.74, 6) is 10.2. The minimum atomic E-state index is -4.64. The first-order valence-corrected chi connectivity index (χ1v) is 25.0. The van der Waals surface area contributed by atoms with Gasteiger partial charge in [-0.2, -0.15) is 0 Å². The number of hydrogen-bond donors (Lipinski definition) is 3. The molecule has 71 heavy (non-hydrogen) atoms. The first-order chi connectivity index (χ1) is 33.2. The van der Waals surface area contributed by atoms with Crippen molar-refractivity contribution in [1.29, 1.82) is 0 Å². The van der Waals surface area contributed by atoms with Crippen molar-refractivity contribution in [3.8, 4) is 59.5 Å². The van der Waals surface area contributed by atoms with Crippen molar-refractivity contribution in [3.63, 3.8) is 0 Å². The van der Waals surface area contributed by atoms with Gasteiger partial charge in [0.2, 0.25) is 0 Å². The number of nitro benzene ring substituents is 1. The number of hydrogen-bond acceptors (Lipinski definition) is 19. The van der Waals surface area contributed by atoms with Crippen LogP contribution in [-0.4, -0.2) is 89.1 Å². The Kier molecular flexibility index (Phi) is 41.8. The molecular weight excluding hydrogens is 1450 g/mol. The molecule has 4 rings (SSSR count). The number of nitrogens with two attached hydrogens (primary N) is 2. The van der Waals surface area contributed by atoms with E-state index in [0.29, 0.717) is 31.6 Å². The number of nitrogen functional groups attached to an aromatic ring is 2. The van der Waals surface area contributed by atoms with E-state index in [1.807, 2.05) is 51.1 Å². The van der Waals surface area contributed by atoms with Crippen LogP contribution >= 0.6 is 63.7 Å². The summed E-state index contributed by atoms with van der Waals surface area (Å²) in [6.45, 7) is 6.95. The van der Waals surface area contributed by atoms with Gasteiger partial charge in [-0.15, -0.1) is 12.8 Å². The van der Waals surface area contributed by atoms with Gasteiger partial charge in [-0.05, 0) is 126 Å². The molecule has 0 saturated heterocycles. The van der Waals surface area contributed by atoms with Crippen LogP contribution in [0, 0.1) is 97.8 Å². The van der Waals surface area contributed by atoms with E-state index in [1.165, 1.54) is 25.8 Å². The third-order valence-electron chi connectivity index (χ3n) is 6.62. The van der Waals surface area contributed by atoms with Crippen molar-refractivity contribution < 1.29 is 82.6 Å². The Balaban J connectivity index is -0.000000181. The monoisotopic (exact) mass is 1490 g/mol. The summed E-state index contributed by atoms with van der Waals surface area (Å²) in [7, 11) is 6.20. The Bertz CT molecular complexity index is 2490. The second kappa shape index (κ2) is 41.6. The maximum Gasteiger partial charge on any atom is 0 e. The van der Waals surface area contributed by atoms with E-state index in [-0.39, 0.29) is 35.9 Å². The molecule has 0 saturated carbocycles. The van der Waals surface area contributed by atoms with Crippen molar-refractivity contribution in [2.24, 2.45) is 0 Å². The van der Waals surface area contributed by atoms with E-state index in [0.717, 1.165) is 44.8 Å². The number of benzene rings is 4. The zero-order valence-electron chi connectivity index (χ0n) is 39.6. The summed E-state index contributed by atoms with van der Waals surface area (Å²) < 4.78 is 43.8. The van der Waals surface area contributed by atoms with Crippen LogP contribution in [0.3, 0.4) is 0 Å². The number of carbonyl (C=O) groups is 2. The second-order valence-corrected chi connectivity index (χ2v) is 18.5. The summed E-state index contributed by atoms with van der Waals surface area (Å²) in [5.41, 5.74) is 16.1. The van der Waals surface area contributed by atoms with Gasteiger partial charge in [0.05, 0.1) is 44.7 Å². The molecule has 0 aliphatic heterocycles. The van der Waals surface area contributed by atoms with Gasteiger partial charge in [0.1, 0.15) is 17.2 Å². The Morgan fingerprint density at radius 3 is 1.38 bits per heavy atom. The molecule has 0 amide bonds. The third-order valence-corrected chi connectivity index (χ3v) is 13.0. The summed E-state index contributed by atoms with van der Waals surface area (Å²) in [5, 5.41) is 42.4. The molecule has 0 heterocycles. The predicted molar refractivity (Wildman–Crippen MR) is 275 cm³/mol. The number of terminal acetylenes is 2. The molecule has 0 bridgehead atoms. The molecule has 0 aliphatic rings. The molecule has 0 radical (unpaired) electrons. The fraction of sp³-hybridized carbons (Fsp3) is 0.220. The number of aldehydes is 1. The summed E-state index contributed by atoms with van der Waals surface area (Å²) in [6.07, 6.45) is 10.1. The number of halogens is 4. The fourth-order valence-electron chi connectivity index (χ4n) is 3.67. The summed E-state index contributed by atoms with van der Waals surface area (Å²) >= 11 is 8.56. The standard InChI is InChI=1S/C8H8BrNO3.C8H8BrNO2.C8H10BrNO.C8H9BrO.C6H2.C2H4O2.CH4.Bi.Fe.3NO3.H2/c1-5-3-8(13-2)7(10(11)12)4-6(5)9;1-12-8-2-5(4-11)6(9)3-7(8)10;1-5-3-8(11-2)7(10)4-6(5)9;1-6-5-7(10-2)3-4-8(6)9;1-3-5-6-4-2;1-2(3)4;;;;3*2-1(3)4;/h3-4H,1-2H3;2-4H,10H2,1H3;3-4H,10H2,1-2H3;3-5H,1-2H3;1-2H;1H3,(H,3,4);1H4;;;;;;1H/q;;;;;;;+3;;3*-1;/i;;;;;;;;;;;;1+1D. The number of rotatable bonds is 12. The molecule has 4 aromatic rings. The van der Waals surface area contributed by atoms with Gasteiger partial charge in [-0.25, -0.2) is 0 Å². The average Bonchev–Trinajstić information content (AvgIpc) is 3.29. The number of aliphatic carboxylic acids is 1. The van der Waals surface area contributed by atoms with Crippen LogP contribution in [-0.2, 0) is 30.6 Å². The van der Waals surface area contributed by atoms with Crippen LogP contribution in [0.5, 0.6) is 23.0 Å². The molecular formula is C41H47BiBr4FeN6O18. The molecule has 0 fully saturated rings. The van der Waals surface area contributed by atoms with Crippen molar-refractivity contribution in [2.45, 2.75) is 35.1 Å². The van der Waals surface area contributed by atoms with E-state index in [9.17, 15) is 45.3 Å². The van der Waals surface area contributed by atoms with Crippen LogP contribution in [0.1, 0.15) is 44.4 Å². The predicted octanol–water partition coefficient (Wildman–Crippen LogP) is 9.46. The van der Waals surface area contributed by atoms with Crippen molar-refractivity contribution in [1.82, 2.24) is 0 Å². The van der Waals surface area contributed by atoms with Gasteiger partial charge in [0, 0.05) is 56.5 Å². The molecule has 5 N–H and O–H groups in total. The number of nitrogens with zero attached hydrogens (tertiary/aromatic N) is 4. The molecule has 0 aliphatic carbocycles. The minimum Gasteiger partial charge on any atom is 0 e. The van der Waals surface area contributed by atoms with Gasteiger partial charge < -0.3 is 35.5 Å². The molecule has 0 aromatic heterocycles. The first kappa shape index (κ1) is 71.4. The summed E-state index contributed by atoms with van der Waals surface area (Å²) in [6, 6.07) is 15.9. The molecule has 0 atom stereocenters. The number of carboxylic acids is 1. The number of methoxy groups -OCH3 is 4. The van der Waals surface area contributed by atoms with Crippen molar-refractivity contribution >= 4 is 116 Å². The number of aryl methyl sites for hydroxylation is 3. The van der Waals surface area contributed by atoms with E-state index in [1.54, 1.807) is 32.4 Å². The third kappa shape index (κ3) is 34.7. The van der Waals surface area contributed by atoms with Crippen LogP contribution in [0.25, 0.3) is 0 Å². The number of carbonyl (C=O) groups excluding carboxylic acids is 1. The number of nitro groups is 1. The molecule has 390 valence electrons. The van der Waals surface area contributed by atoms with E-state index in [4.69, 9.17) is 56.1 Å². The first-order valence-electron chi connectivity index (χ1n) is 18.5. The van der Waals surface area contributed by atoms with E-state index >= 15 is 0 Å². The van der Waals surface area contributed by atoms with Gasteiger partial charge in [-0.3, -0.25) is 19.7 Å². The number of carboxylic acid groups (broad SMARTS) is 1. The Morgan fingerprint density at radius 2 is 1.04 bits per heavy atom. The summed E-state index contributed by atoms with van der Waals surface area (Å²) in [4.78, 5) is 58.4. The van der Waals surface area contributed by atoms with Gasteiger partial charge in [-0.1, -0.05) is 55.2 Å². The Hall–Kier alpha value is -6.18. The quantitative estimate of drug-likeness (QED) is 0.0297. The average molecular weight is 1500 g/mol. The molecule has 4 aromatic carbocycles. The zero-order valence-corrected chi connectivity index (χ0v) is 48.5. The number of ether oxygens (including phenoxy) is 4. The van der Waals surface area contributed by atoms with Gasteiger partial charge >= 0.3 is 83.1 Å². The van der Waals surface area contributed by atoms with Gasteiger partial charge in [0.25, 0.3) is 5.97 Å². The normalized spacial score (nSPS) is 8.61. The molecule has 0 unspecified atom stereocenters. The van der Waals surface area contributed by atoms with Crippen LogP contribution in [0.15, 0.2) is 72.5 Å². The zero-order chi connectivity index (χ0) is 56.0. The smallest absolute Gasteiger partial charge is 0 e. The maximum atomic E-state index is 10.5. The van der Waals surface area contributed by atoms with Crippen LogP contribution in [0.4, 0.5) is 17.1 Å². The molecule has 24 nitrogen and oxygen atoms in total. The van der Waals surface area contributed by atoms with E-state index in [2.05, 4.69) is 96.1 Å². The SMILES string of the molecule is C.C#CC#CC#C.CC(=O)O.COc1cc(C)c(Br)cc1N.COc1cc(C)c(Br)cc1[N+](=O)[O-].COc1cc(C=O)c(Br)cc1N.COc1ccc(Br)c(C)c1.O=[N+]([O-])[O][Bi]([O][N+](=O)[O-])[O][N+](=O)[O-].[2H][2H].[Fe]. The Labute approximate surface area is 464 Å². The number of anilines is 2. The van der Waals surface area contributed by atoms with Gasteiger partial charge in [0.15, 0.2) is 12.0 Å². The van der Waals surface area contributed by atoms with Crippen molar-refractivity contribution in [3.05, 3.63) is 135 Å². The Morgan fingerprint density at radius 1 is 0.676 bits per heavy atom. The van der Waals surface area contributed by atoms with Crippen LogP contribution < -0.4 is 30.4 Å². The fourth-order valence-corrected chi connectivity index (χ4v) is 6.68. The minimum absolute atomic E-state index is 0. The van der Waals surface area contributed by atoms with Crippen molar-refractivity contribution in [2.75, 3.05) is 39.9 Å². The second-order valence-electron chi connectivity index (χ2n) is 11.4. The van der Waals surface area contributed by atoms with Crippen LogP contribution in [0.2, 0.25) is 0 Å². The molecule has 0 spiro atoms. The molecule has 30 heteroatoms. The maximum absolute atomic E-state index is 10.5. The topological polar surface area (TPSA) is 344 Å². The largest absolute Gasteiger partial charge is 0 e.